The SMILES string of the molecule is O=C(NCCc1ccccn1)C1CCN(C2c3ccc(Cl)cc3CCc3cc(Br)cnc32)CC1. The lowest BCUT2D eigenvalue weighted by Crippen LogP contribution is -2.43. The number of piperidine rings is 1. The summed E-state index contributed by atoms with van der Waals surface area (Å²) in [6, 6.07) is 14.4. The van der Waals surface area contributed by atoms with E-state index in [0.29, 0.717) is 6.54 Å². The predicted molar refractivity (Wildman–Crippen MR) is 138 cm³/mol. The first kappa shape index (κ1) is 23.5. The third kappa shape index (κ3) is 5.19. The number of carbonyl (C=O) groups excluding carboxylic acids is 1. The van der Waals surface area contributed by atoms with Crippen LogP contribution in [0.15, 0.2) is 59.3 Å². The van der Waals surface area contributed by atoms with Crippen LogP contribution in [-0.2, 0) is 24.1 Å². The van der Waals surface area contributed by atoms with Crippen LogP contribution in [0.3, 0.4) is 0 Å². The second-order valence-electron chi connectivity index (χ2n) is 9.12. The number of rotatable bonds is 5. The zero-order chi connectivity index (χ0) is 23.5. The van der Waals surface area contributed by atoms with Crippen LogP contribution in [0.1, 0.15) is 47.0 Å². The van der Waals surface area contributed by atoms with Gasteiger partial charge in [-0.2, -0.15) is 0 Å². The fourth-order valence-corrected chi connectivity index (χ4v) is 5.78. The number of nitrogens with one attached hydrogen (secondary N) is 1. The van der Waals surface area contributed by atoms with E-state index in [0.717, 1.165) is 66.1 Å². The van der Waals surface area contributed by atoms with Crippen molar-refractivity contribution in [1.29, 1.82) is 0 Å². The molecule has 3 aromatic rings. The molecule has 2 aromatic heterocycles. The number of benzene rings is 1. The molecule has 1 aromatic carbocycles. The van der Waals surface area contributed by atoms with Crippen molar-refractivity contribution in [3.63, 3.8) is 0 Å². The van der Waals surface area contributed by atoms with Gasteiger partial charge in [0.1, 0.15) is 0 Å². The molecule has 7 heteroatoms. The summed E-state index contributed by atoms with van der Waals surface area (Å²) < 4.78 is 1.01. The van der Waals surface area contributed by atoms with E-state index in [1.54, 1.807) is 6.20 Å². The number of amides is 1. The van der Waals surface area contributed by atoms with E-state index in [2.05, 4.69) is 49.3 Å². The van der Waals surface area contributed by atoms with Crippen LogP contribution in [0, 0.1) is 5.92 Å². The molecule has 2 aliphatic rings. The fraction of sp³-hybridized carbons (Fsp3) is 0.370. The molecule has 1 aliphatic carbocycles. The van der Waals surface area contributed by atoms with Gasteiger partial charge in [-0.05, 0) is 102 Å². The molecule has 3 heterocycles. The van der Waals surface area contributed by atoms with Crippen LogP contribution in [-0.4, -0.2) is 40.4 Å². The maximum Gasteiger partial charge on any atom is 0.223 e. The van der Waals surface area contributed by atoms with Gasteiger partial charge in [0.15, 0.2) is 0 Å². The van der Waals surface area contributed by atoms with E-state index < -0.39 is 0 Å². The molecule has 5 nitrogen and oxygen atoms in total. The van der Waals surface area contributed by atoms with E-state index in [1.165, 1.54) is 16.7 Å². The van der Waals surface area contributed by atoms with Gasteiger partial charge >= 0.3 is 0 Å². The zero-order valence-corrected chi connectivity index (χ0v) is 21.4. The molecule has 34 heavy (non-hydrogen) atoms. The summed E-state index contributed by atoms with van der Waals surface area (Å²) in [7, 11) is 0. The molecule has 0 bridgehead atoms. The minimum atomic E-state index is 0.0489. The lowest BCUT2D eigenvalue weighted by atomic mass is 9.91. The van der Waals surface area contributed by atoms with Crippen molar-refractivity contribution in [2.75, 3.05) is 19.6 Å². The van der Waals surface area contributed by atoms with Crippen molar-refractivity contribution >= 4 is 33.4 Å². The average molecular weight is 540 g/mol. The topological polar surface area (TPSA) is 58.1 Å². The van der Waals surface area contributed by atoms with Crippen molar-refractivity contribution in [3.8, 4) is 0 Å². The average Bonchev–Trinajstić information content (AvgIpc) is 3.01. The molecule has 5 rings (SSSR count). The molecule has 1 N–H and O–H groups in total. The Balaban J connectivity index is 1.28. The van der Waals surface area contributed by atoms with Crippen LogP contribution < -0.4 is 5.32 Å². The van der Waals surface area contributed by atoms with Crippen LogP contribution in [0.5, 0.6) is 0 Å². The van der Waals surface area contributed by atoms with E-state index in [1.807, 2.05) is 30.5 Å². The maximum atomic E-state index is 12.8. The Morgan fingerprint density at radius 2 is 1.91 bits per heavy atom. The molecule has 0 spiro atoms. The van der Waals surface area contributed by atoms with Crippen LogP contribution in [0.2, 0.25) is 5.02 Å². The molecular formula is C27H28BrClN4O. The van der Waals surface area contributed by atoms with Crippen molar-refractivity contribution in [2.45, 2.75) is 38.1 Å². The summed E-state index contributed by atoms with van der Waals surface area (Å²) in [6.45, 7) is 2.35. The van der Waals surface area contributed by atoms with Crippen molar-refractivity contribution in [1.82, 2.24) is 20.2 Å². The van der Waals surface area contributed by atoms with Gasteiger partial charge in [0.25, 0.3) is 0 Å². The summed E-state index contributed by atoms with van der Waals surface area (Å²) in [4.78, 5) is 24.5. The highest BCUT2D eigenvalue weighted by atomic mass is 79.9. The van der Waals surface area contributed by atoms with Crippen LogP contribution in [0.25, 0.3) is 0 Å². The first-order valence-electron chi connectivity index (χ1n) is 11.9. The van der Waals surface area contributed by atoms with Crippen molar-refractivity contribution in [3.05, 3.63) is 92.4 Å². The smallest absolute Gasteiger partial charge is 0.223 e. The Hall–Kier alpha value is -2.28. The summed E-state index contributed by atoms with van der Waals surface area (Å²) >= 11 is 9.94. The highest BCUT2D eigenvalue weighted by Gasteiger charge is 2.34. The lowest BCUT2D eigenvalue weighted by Gasteiger charge is -2.37. The van der Waals surface area contributed by atoms with Gasteiger partial charge in [0.2, 0.25) is 5.91 Å². The normalized spacial score (nSPS) is 18.6. The molecular weight excluding hydrogens is 512 g/mol. The standard InChI is InChI=1S/C27H28BrClN4O/c28-21-15-20-5-4-19-16-22(29)6-7-24(19)26(25(20)32-17-21)33-13-9-18(10-14-33)27(34)31-12-8-23-3-1-2-11-30-23/h1-3,6-7,11,15-18,26H,4-5,8-10,12-14H2,(H,31,34). The summed E-state index contributed by atoms with van der Waals surface area (Å²) in [5.41, 5.74) is 5.99. The Labute approximate surface area is 214 Å². The van der Waals surface area contributed by atoms with Gasteiger partial charge in [0.05, 0.1) is 11.7 Å². The Kier molecular flexibility index (Phi) is 7.28. The minimum Gasteiger partial charge on any atom is -0.355 e. The number of carbonyl (C=O) groups is 1. The quantitative estimate of drug-likeness (QED) is 0.487. The number of hydrogen-bond donors (Lipinski definition) is 1. The number of likely N-dealkylation sites (tertiary alicyclic amines) is 1. The van der Waals surface area contributed by atoms with Gasteiger partial charge in [0, 0.05) is 46.5 Å². The number of hydrogen-bond acceptors (Lipinski definition) is 4. The van der Waals surface area contributed by atoms with Crippen LogP contribution in [0.4, 0.5) is 0 Å². The lowest BCUT2D eigenvalue weighted by molar-refractivity contribution is -0.126. The van der Waals surface area contributed by atoms with Gasteiger partial charge in [-0.3, -0.25) is 19.7 Å². The van der Waals surface area contributed by atoms with E-state index in [4.69, 9.17) is 16.6 Å². The number of nitrogens with zero attached hydrogens (tertiary/aromatic N) is 3. The molecule has 1 amide bonds. The second-order valence-corrected chi connectivity index (χ2v) is 10.5. The zero-order valence-electron chi connectivity index (χ0n) is 19.0. The Morgan fingerprint density at radius 3 is 2.71 bits per heavy atom. The summed E-state index contributed by atoms with van der Waals surface area (Å²) in [6.07, 6.45) is 8.03. The third-order valence-electron chi connectivity index (χ3n) is 6.96. The molecule has 1 aliphatic heterocycles. The number of aryl methyl sites for hydroxylation is 2. The molecule has 176 valence electrons. The largest absolute Gasteiger partial charge is 0.355 e. The highest BCUT2D eigenvalue weighted by Crippen LogP contribution is 2.39. The Bertz CT molecular complexity index is 1110. The van der Waals surface area contributed by atoms with E-state index >= 15 is 0 Å². The van der Waals surface area contributed by atoms with Gasteiger partial charge in [-0.15, -0.1) is 0 Å². The number of aromatic nitrogens is 2. The maximum absolute atomic E-state index is 12.8. The molecule has 1 fully saturated rings. The third-order valence-corrected chi connectivity index (χ3v) is 7.63. The van der Waals surface area contributed by atoms with E-state index in [9.17, 15) is 4.79 Å². The summed E-state index contributed by atoms with van der Waals surface area (Å²) in [5.74, 6) is 0.207. The first-order chi connectivity index (χ1) is 16.6. The molecule has 0 saturated carbocycles. The van der Waals surface area contributed by atoms with Gasteiger partial charge in [-0.25, -0.2) is 0 Å². The van der Waals surface area contributed by atoms with Crippen molar-refractivity contribution in [2.24, 2.45) is 5.92 Å². The Morgan fingerprint density at radius 1 is 1.09 bits per heavy atom. The monoisotopic (exact) mass is 538 g/mol. The minimum absolute atomic E-state index is 0.0489. The molecule has 0 radical (unpaired) electrons. The van der Waals surface area contributed by atoms with Crippen LogP contribution >= 0.6 is 27.5 Å². The molecule has 1 unspecified atom stereocenters. The van der Waals surface area contributed by atoms with Gasteiger partial charge < -0.3 is 5.32 Å². The van der Waals surface area contributed by atoms with Crippen molar-refractivity contribution < 1.29 is 4.79 Å². The van der Waals surface area contributed by atoms with Gasteiger partial charge in [-0.1, -0.05) is 23.7 Å². The molecule has 1 saturated heterocycles. The number of halogens is 2. The highest BCUT2D eigenvalue weighted by molar-refractivity contribution is 9.10. The second kappa shape index (κ2) is 10.5. The summed E-state index contributed by atoms with van der Waals surface area (Å²) in [5, 5.41) is 3.90. The van der Waals surface area contributed by atoms with E-state index in [-0.39, 0.29) is 17.9 Å². The number of pyridine rings is 2. The number of fused-ring (bicyclic) bond motifs is 2. The first-order valence-corrected chi connectivity index (χ1v) is 13.1. The fourth-order valence-electron chi connectivity index (χ4n) is 5.21. The molecule has 1 atom stereocenters. The predicted octanol–water partition coefficient (Wildman–Crippen LogP) is 5.15.